The normalized spacial score (nSPS) is 16.1. The molecule has 0 radical (unpaired) electrons. The Bertz CT molecular complexity index is 3310. The number of hydrogen-bond acceptors (Lipinski definition) is 1. The molecule has 1 unspecified atom stereocenters. The second-order valence-electron chi connectivity index (χ2n) is 16.3. The van der Waals surface area contributed by atoms with Crippen LogP contribution < -0.4 is 4.74 Å². The zero-order chi connectivity index (χ0) is 38.7. The van der Waals surface area contributed by atoms with E-state index >= 15 is 0 Å². The molecule has 0 saturated carbocycles. The molecule has 13 rings (SSSR count). The average molecular weight is 749 g/mol. The molecule has 0 saturated heterocycles. The van der Waals surface area contributed by atoms with Crippen LogP contribution in [0.4, 0.5) is 0 Å². The molecule has 1 nitrogen and oxygen atoms in total. The van der Waals surface area contributed by atoms with Gasteiger partial charge in [-0.15, -0.1) is 0 Å². The van der Waals surface area contributed by atoms with Gasteiger partial charge in [0.05, 0.1) is 10.8 Å². The van der Waals surface area contributed by atoms with Crippen LogP contribution in [0.3, 0.4) is 0 Å². The van der Waals surface area contributed by atoms with Gasteiger partial charge in [0.15, 0.2) is 0 Å². The van der Waals surface area contributed by atoms with Crippen LogP contribution in [0, 0.1) is 0 Å². The number of benzene rings is 10. The maximum absolute atomic E-state index is 6.94. The van der Waals surface area contributed by atoms with Crippen molar-refractivity contribution in [1.29, 1.82) is 0 Å². The minimum Gasteiger partial charge on any atom is -0.457 e. The molecule has 0 bridgehead atoms. The lowest BCUT2D eigenvalue weighted by atomic mass is 9.64. The van der Waals surface area contributed by atoms with E-state index in [0.29, 0.717) is 0 Å². The van der Waals surface area contributed by atoms with Crippen LogP contribution in [0.1, 0.15) is 44.5 Å². The second-order valence-corrected chi connectivity index (χ2v) is 16.3. The van der Waals surface area contributed by atoms with Crippen LogP contribution >= 0.6 is 0 Å². The minimum atomic E-state index is -0.567. The summed E-state index contributed by atoms with van der Waals surface area (Å²) in [4.78, 5) is 0. The molecule has 10 aromatic rings. The molecule has 1 heterocycles. The molecular weight excluding hydrogens is 713 g/mol. The van der Waals surface area contributed by atoms with E-state index in [2.05, 4.69) is 218 Å². The van der Waals surface area contributed by atoms with Gasteiger partial charge >= 0.3 is 0 Å². The maximum atomic E-state index is 6.94. The molecule has 1 spiro atoms. The molecule has 0 amide bonds. The highest BCUT2D eigenvalue weighted by molar-refractivity contribution is 6.01. The molecule has 0 aromatic heterocycles. The van der Waals surface area contributed by atoms with Crippen LogP contribution in [0.2, 0.25) is 0 Å². The number of rotatable bonds is 3. The van der Waals surface area contributed by atoms with Crippen molar-refractivity contribution in [3.63, 3.8) is 0 Å². The molecule has 0 N–H and O–H groups in total. The van der Waals surface area contributed by atoms with Crippen molar-refractivity contribution in [2.24, 2.45) is 0 Å². The number of ether oxygens (including phenoxy) is 1. The summed E-state index contributed by atoms with van der Waals surface area (Å²) in [5, 5.41) is 4.97. The lowest BCUT2D eigenvalue weighted by Crippen LogP contribution is -2.32. The van der Waals surface area contributed by atoms with Crippen molar-refractivity contribution in [1.82, 2.24) is 0 Å². The first kappa shape index (κ1) is 32.6. The van der Waals surface area contributed by atoms with Gasteiger partial charge in [0.2, 0.25) is 0 Å². The summed E-state index contributed by atoms with van der Waals surface area (Å²) in [6.07, 6.45) is 0. The third-order valence-electron chi connectivity index (χ3n) is 13.6. The van der Waals surface area contributed by atoms with Gasteiger partial charge in [-0.25, -0.2) is 0 Å². The van der Waals surface area contributed by atoms with E-state index in [9.17, 15) is 0 Å². The lowest BCUT2D eigenvalue weighted by Gasteiger charge is -2.40. The Labute approximate surface area is 343 Å². The van der Waals surface area contributed by atoms with Gasteiger partial charge in [0.25, 0.3) is 0 Å². The number of hydrogen-bond donors (Lipinski definition) is 0. The molecule has 274 valence electrons. The Hall–Kier alpha value is -7.48. The van der Waals surface area contributed by atoms with E-state index in [1.165, 1.54) is 93.9 Å². The van der Waals surface area contributed by atoms with Crippen LogP contribution in [-0.4, -0.2) is 0 Å². The summed E-state index contributed by atoms with van der Waals surface area (Å²) in [6.45, 7) is 0. The quantitative estimate of drug-likeness (QED) is 0.175. The van der Waals surface area contributed by atoms with Crippen LogP contribution in [-0.2, 0) is 10.8 Å². The molecule has 1 heteroatoms. The van der Waals surface area contributed by atoms with E-state index in [1.807, 2.05) is 0 Å². The topological polar surface area (TPSA) is 9.23 Å². The van der Waals surface area contributed by atoms with Crippen molar-refractivity contribution in [2.45, 2.75) is 10.8 Å². The lowest BCUT2D eigenvalue weighted by molar-refractivity contribution is 0.438. The third-order valence-corrected chi connectivity index (χ3v) is 13.6. The van der Waals surface area contributed by atoms with E-state index in [0.717, 1.165) is 17.1 Å². The van der Waals surface area contributed by atoms with Crippen LogP contribution in [0.5, 0.6) is 11.5 Å². The summed E-state index contributed by atoms with van der Waals surface area (Å²) < 4.78 is 6.94. The fourth-order valence-corrected chi connectivity index (χ4v) is 11.3. The highest BCUT2D eigenvalue weighted by Gasteiger charge is 2.52. The molecular formula is C58H36O. The molecule has 59 heavy (non-hydrogen) atoms. The zero-order valence-corrected chi connectivity index (χ0v) is 32.2. The predicted molar refractivity (Wildman–Crippen MR) is 242 cm³/mol. The first-order chi connectivity index (χ1) is 29.3. The molecule has 3 aliphatic rings. The zero-order valence-electron chi connectivity index (χ0n) is 32.2. The fraction of sp³-hybridized carbons (Fsp3) is 0.0345. The summed E-state index contributed by atoms with van der Waals surface area (Å²) in [6, 6.07) is 81.0. The summed E-state index contributed by atoms with van der Waals surface area (Å²) in [5.41, 5.74) is 16.6. The van der Waals surface area contributed by atoms with Crippen molar-refractivity contribution >= 4 is 21.5 Å². The van der Waals surface area contributed by atoms with Gasteiger partial charge in [-0.1, -0.05) is 200 Å². The Kier molecular flexibility index (Phi) is 6.64. The summed E-state index contributed by atoms with van der Waals surface area (Å²) >= 11 is 0. The summed E-state index contributed by atoms with van der Waals surface area (Å²) in [5.74, 6) is 1.81. The van der Waals surface area contributed by atoms with Gasteiger partial charge in [-0.05, 0) is 107 Å². The van der Waals surface area contributed by atoms with Gasteiger partial charge < -0.3 is 4.74 Å². The SMILES string of the molecule is c1ccc(C2(c3ccc(-c4ccc5c(c4)C4(c6ccccc6-c6ccccc64)c4c(ccc6ccccc46)O5)cc3)c3ccccc3-c3ccc4ccccc4c32)cc1. The van der Waals surface area contributed by atoms with E-state index in [4.69, 9.17) is 4.74 Å². The Morgan fingerprint density at radius 3 is 1.46 bits per heavy atom. The Morgan fingerprint density at radius 1 is 0.288 bits per heavy atom. The highest BCUT2D eigenvalue weighted by Crippen LogP contribution is 2.64. The van der Waals surface area contributed by atoms with Crippen molar-refractivity contribution in [2.75, 3.05) is 0 Å². The fourth-order valence-electron chi connectivity index (χ4n) is 11.3. The molecule has 1 atom stereocenters. The average Bonchev–Trinajstić information content (AvgIpc) is 3.78. The largest absolute Gasteiger partial charge is 0.457 e. The smallest absolute Gasteiger partial charge is 0.132 e. The molecule has 2 aliphatic carbocycles. The van der Waals surface area contributed by atoms with E-state index < -0.39 is 10.8 Å². The second kappa shape index (κ2) is 12.0. The Morgan fingerprint density at radius 2 is 0.780 bits per heavy atom. The van der Waals surface area contributed by atoms with Gasteiger partial charge in [0, 0.05) is 11.1 Å². The monoisotopic (exact) mass is 748 g/mol. The highest BCUT2D eigenvalue weighted by atomic mass is 16.5. The van der Waals surface area contributed by atoms with Crippen molar-refractivity contribution in [3.05, 3.63) is 263 Å². The van der Waals surface area contributed by atoms with Crippen molar-refractivity contribution in [3.8, 4) is 44.9 Å². The van der Waals surface area contributed by atoms with Gasteiger partial charge in [-0.2, -0.15) is 0 Å². The van der Waals surface area contributed by atoms with E-state index in [-0.39, 0.29) is 0 Å². The molecule has 1 aliphatic heterocycles. The van der Waals surface area contributed by atoms with Gasteiger partial charge in [0.1, 0.15) is 11.5 Å². The van der Waals surface area contributed by atoms with Crippen LogP contribution in [0.15, 0.2) is 218 Å². The van der Waals surface area contributed by atoms with Crippen LogP contribution in [0.25, 0.3) is 54.9 Å². The molecule has 0 fully saturated rings. The first-order valence-electron chi connectivity index (χ1n) is 20.6. The minimum absolute atomic E-state index is 0.498. The standard InChI is InChI=1S/C58H36O/c1-2-16-41(17-3-1)57(49-23-11-10-22-47(49)48-33-28-38-14-4-6-18-43(38)55(48)57)42-31-26-37(27-32-42)40-30-34-53-52(36-40)58(56-44-19-7-5-15-39(44)29-35-54(56)59-53)50-24-12-8-20-45(50)46-21-9-13-25-51(46)58/h1-36H. The first-order valence-corrected chi connectivity index (χ1v) is 20.6. The Balaban J connectivity index is 1.05. The number of fused-ring (bicyclic) bond motifs is 16. The van der Waals surface area contributed by atoms with Gasteiger partial charge in [-0.3, -0.25) is 0 Å². The molecule has 10 aromatic carbocycles. The van der Waals surface area contributed by atoms with Crippen molar-refractivity contribution < 1.29 is 4.74 Å². The van der Waals surface area contributed by atoms with E-state index in [1.54, 1.807) is 0 Å². The summed E-state index contributed by atoms with van der Waals surface area (Å²) in [7, 11) is 0. The predicted octanol–water partition coefficient (Wildman–Crippen LogP) is 14.5. The third kappa shape index (κ3) is 4.19. The maximum Gasteiger partial charge on any atom is 0.132 e.